The van der Waals surface area contributed by atoms with Gasteiger partial charge in [-0.3, -0.25) is 4.90 Å². The second kappa shape index (κ2) is 6.38. The summed E-state index contributed by atoms with van der Waals surface area (Å²) in [4.78, 5) is 2.47. The molecule has 0 radical (unpaired) electrons. The standard InChI is InChI=1S/C12H21N3O.ClH/c1-9-12(10(2)16-14-9)8-15-6-4-3-5-11(15)7-13;/h11H,3-8,13H2,1-2H3;1H. The van der Waals surface area contributed by atoms with Crippen LogP contribution in [0.5, 0.6) is 0 Å². The minimum absolute atomic E-state index is 0. The Morgan fingerprint density at radius 3 is 2.76 bits per heavy atom. The van der Waals surface area contributed by atoms with Gasteiger partial charge in [0.05, 0.1) is 5.69 Å². The van der Waals surface area contributed by atoms with Gasteiger partial charge in [0.15, 0.2) is 0 Å². The van der Waals surface area contributed by atoms with Gasteiger partial charge in [-0.1, -0.05) is 11.6 Å². The monoisotopic (exact) mass is 259 g/mol. The molecule has 0 bridgehead atoms. The number of piperidine rings is 1. The Bertz CT molecular complexity index is 334. The molecule has 0 amide bonds. The van der Waals surface area contributed by atoms with E-state index in [4.69, 9.17) is 10.3 Å². The van der Waals surface area contributed by atoms with Crippen LogP contribution >= 0.6 is 12.4 Å². The summed E-state index contributed by atoms with van der Waals surface area (Å²) in [6, 6.07) is 0.530. The molecule has 17 heavy (non-hydrogen) atoms. The van der Waals surface area contributed by atoms with E-state index >= 15 is 0 Å². The molecule has 1 aliphatic rings. The Kier molecular flexibility index (Phi) is 5.43. The zero-order chi connectivity index (χ0) is 11.5. The predicted molar refractivity (Wildman–Crippen MR) is 70.3 cm³/mol. The van der Waals surface area contributed by atoms with E-state index in [0.29, 0.717) is 6.04 Å². The molecule has 1 atom stereocenters. The molecule has 2 rings (SSSR count). The van der Waals surface area contributed by atoms with Gasteiger partial charge >= 0.3 is 0 Å². The quantitative estimate of drug-likeness (QED) is 0.903. The summed E-state index contributed by atoms with van der Waals surface area (Å²) < 4.78 is 5.20. The molecule has 2 heterocycles. The van der Waals surface area contributed by atoms with Crippen LogP contribution in [0, 0.1) is 13.8 Å². The fourth-order valence-electron chi connectivity index (χ4n) is 2.47. The lowest BCUT2D eigenvalue weighted by molar-refractivity contribution is 0.144. The maximum atomic E-state index is 5.82. The summed E-state index contributed by atoms with van der Waals surface area (Å²) in [7, 11) is 0. The van der Waals surface area contributed by atoms with Crippen LogP contribution in [0.3, 0.4) is 0 Å². The van der Waals surface area contributed by atoms with E-state index in [9.17, 15) is 0 Å². The van der Waals surface area contributed by atoms with Crippen molar-refractivity contribution in [3.05, 3.63) is 17.0 Å². The van der Waals surface area contributed by atoms with Crippen molar-refractivity contribution in [1.29, 1.82) is 0 Å². The third-order valence-electron chi connectivity index (χ3n) is 3.56. The van der Waals surface area contributed by atoms with Gasteiger partial charge in [0.25, 0.3) is 0 Å². The van der Waals surface area contributed by atoms with E-state index in [-0.39, 0.29) is 12.4 Å². The Balaban J connectivity index is 0.00000144. The van der Waals surface area contributed by atoms with Gasteiger partial charge in [0, 0.05) is 24.7 Å². The van der Waals surface area contributed by atoms with Crippen molar-refractivity contribution in [3.8, 4) is 0 Å². The van der Waals surface area contributed by atoms with Crippen LogP contribution in [0.2, 0.25) is 0 Å². The number of hydrogen-bond donors (Lipinski definition) is 1. The van der Waals surface area contributed by atoms with Crippen molar-refractivity contribution in [2.75, 3.05) is 13.1 Å². The van der Waals surface area contributed by atoms with Gasteiger partial charge in [0.2, 0.25) is 0 Å². The van der Waals surface area contributed by atoms with Crippen LogP contribution in [0.4, 0.5) is 0 Å². The molecule has 0 aliphatic carbocycles. The fraction of sp³-hybridized carbons (Fsp3) is 0.750. The van der Waals surface area contributed by atoms with Gasteiger partial charge in [-0.05, 0) is 33.2 Å². The van der Waals surface area contributed by atoms with E-state index in [1.54, 1.807) is 0 Å². The summed E-state index contributed by atoms with van der Waals surface area (Å²) in [5, 5.41) is 4.00. The summed E-state index contributed by atoms with van der Waals surface area (Å²) in [5.41, 5.74) is 8.07. The Morgan fingerprint density at radius 2 is 2.18 bits per heavy atom. The average Bonchev–Trinajstić information content (AvgIpc) is 2.61. The van der Waals surface area contributed by atoms with Gasteiger partial charge in [0.1, 0.15) is 5.76 Å². The van der Waals surface area contributed by atoms with Crippen molar-refractivity contribution in [1.82, 2.24) is 10.1 Å². The molecule has 1 saturated heterocycles. The summed E-state index contributed by atoms with van der Waals surface area (Å²) in [6.45, 7) is 6.82. The largest absolute Gasteiger partial charge is 0.361 e. The summed E-state index contributed by atoms with van der Waals surface area (Å²) in [5.74, 6) is 0.943. The van der Waals surface area contributed by atoms with E-state index in [2.05, 4.69) is 10.1 Å². The highest BCUT2D eigenvalue weighted by atomic mass is 35.5. The van der Waals surface area contributed by atoms with Gasteiger partial charge in [-0.2, -0.15) is 0 Å². The molecule has 4 nitrogen and oxygen atoms in total. The number of nitrogens with two attached hydrogens (primary N) is 1. The molecule has 1 aliphatic heterocycles. The molecule has 1 aromatic rings. The topological polar surface area (TPSA) is 55.3 Å². The number of hydrogen-bond acceptors (Lipinski definition) is 4. The number of rotatable bonds is 3. The third kappa shape index (κ3) is 3.21. The fourth-order valence-corrected chi connectivity index (χ4v) is 2.47. The van der Waals surface area contributed by atoms with Gasteiger partial charge in [-0.25, -0.2) is 0 Å². The maximum Gasteiger partial charge on any atom is 0.138 e. The molecular formula is C12H22ClN3O. The SMILES string of the molecule is Cc1noc(C)c1CN1CCCCC1CN.Cl. The molecule has 0 spiro atoms. The van der Waals surface area contributed by atoms with Crippen molar-refractivity contribution in [2.45, 2.75) is 45.7 Å². The molecule has 1 unspecified atom stereocenters. The molecular weight excluding hydrogens is 238 g/mol. The van der Waals surface area contributed by atoms with Crippen LogP contribution in [0.1, 0.15) is 36.3 Å². The predicted octanol–water partition coefficient (Wildman–Crippen LogP) is 2.03. The molecule has 5 heteroatoms. The zero-order valence-electron chi connectivity index (χ0n) is 10.6. The van der Waals surface area contributed by atoms with E-state index in [1.165, 1.54) is 24.8 Å². The number of halogens is 1. The first-order chi connectivity index (χ1) is 7.72. The van der Waals surface area contributed by atoms with E-state index < -0.39 is 0 Å². The van der Waals surface area contributed by atoms with Crippen LogP contribution in [0.25, 0.3) is 0 Å². The van der Waals surface area contributed by atoms with E-state index in [0.717, 1.165) is 31.1 Å². The molecule has 2 N–H and O–H groups in total. The molecule has 0 saturated carbocycles. The van der Waals surface area contributed by atoms with Crippen molar-refractivity contribution >= 4 is 12.4 Å². The third-order valence-corrected chi connectivity index (χ3v) is 3.56. The van der Waals surface area contributed by atoms with E-state index in [1.807, 2.05) is 13.8 Å². The van der Waals surface area contributed by atoms with Crippen molar-refractivity contribution < 1.29 is 4.52 Å². The maximum absolute atomic E-state index is 5.82. The van der Waals surface area contributed by atoms with Crippen LogP contribution in [-0.2, 0) is 6.54 Å². The lowest BCUT2D eigenvalue weighted by atomic mass is 10.0. The lowest BCUT2D eigenvalue weighted by Gasteiger charge is -2.34. The molecule has 0 aromatic carbocycles. The lowest BCUT2D eigenvalue weighted by Crippen LogP contribution is -2.43. The van der Waals surface area contributed by atoms with Crippen LogP contribution < -0.4 is 5.73 Å². The van der Waals surface area contributed by atoms with Gasteiger partial charge in [-0.15, -0.1) is 12.4 Å². The first kappa shape index (κ1) is 14.5. The van der Waals surface area contributed by atoms with Crippen molar-refractivity contribution in [2.24, 2.45) is 5.73 Å². The number of aromatic nitrogens is 1. The molecule has 98 valence electrons. The normalized spacial score (nSPS) is 21.2. The van der Waals surface area contributed by atoms with Crippen LogP contribution in [-0.4, -0.2) is 29.2 Å². The van der Waals surface area contributed by atoms with Crippen LogP contribution in [0.15, 0.2) is 4.52 Å². The molecule has 1 fully saturated rings. The zero-order valence-corrected chi connectivity index (χ0v) is 11.4. The highest BCUT2D eigenvalue weighted by molar-refractivity contribution is 5.85. The number of likely N-dealkylation sites (tertiary alicyclic amines) is 1. The highest BCUT2D eigenvalue weighted by Gasteiger charge is 2.23. The average molecular weight is 260 g/mol. The number of nitrogens with zero attached hydrogens (tertiary/aromatic N) is 2. The number of aryl methyl sites for hydroxylation is 2. The van der Waals surface area contributed by atoms with Crippen molar-refractivity contribution in [3.63, 3.8) is 0 Å². The first-order valence-electron chi connectivity index (χ1n) is 6.08. The second-order valence-electron chi connectivity index (χ2n) is 4.66. The minimum Gasteiger partial charge on any atom is -0.361 e. The Labute approximate surface area is 109 Å². The summed E-state index contributed by atoms with van der Waals surface area (Å²) >= 11 is 0. The smallest absolute Gasteiger partial charge is 0.138 e. The first-order valence-corrected chi connectivity index (χ1v) is 6.08. The minimum atomic E-state index is 0. The Morgan fingerprint density at radius 1 is 1.41 bits per heavy atom. The second-order valence-corrected chi connectivity index (χ2v) is 4.66. The Hall–Kier alpha value is -0.580. The highest BCUT2D eigenvalue weighted by Crippen LogP contribution is 2.21. The molecule has 1 aromatic heterocycles. The van der Waals surface area contributed by atoms with Gasteiger partial charge < -0.3 is 10.3 Å². The summed E-state index contributed by atoms with van der Waals surface area (Å²) in [6.07, 6.45) is 3.81.